The number of nitrogens with one attached hydrogen (secondary N) is 1. The summed E-state index contributed by atoms with van der Waals surface area (Å²) in [6.07, 6.45) is -4.34. The summed E-state index contributed by atoms with van der Waals surface area (Å²) < 4.78 is 43.1. The number of benzene rings is 2. The Hall–Kier alpha value is -2.50. The zero-order valence-electron chi connectivity index (χ0n) is 11.7. The molecule has 1 N–H and O–H groups in total. The maximum absolute atomic E-state index is 12.6. The second kappa shape index (κ2) is 5.36. The molecule has 3 nitrogen and oxygen atoms in total. The highest BCUT2D eigenvalue weighted by atomic mass is 19.4. The number of rotatable bonds is 2. The monoisotopic (exact) mass is 306 g/mol. The molecule has 0 bridgehead atoms. The van der Waals surface area contributed by atoms with E-state index < -0.39 is 11.7 Å². The summed E-state index contributed by atoms with van der Waals surface area (Å²) in [5.74, 6) is 0.731. The lowest BCUT2D eigenvalue weighted by Gasteiger charge is -2.19. The first-order valence-corrected chi connectivity index (χ1v) is 6.64. The van der Waals surface area contributed by atoms with Gasteiger partial charge in [0.25, 0.3) is 0 Å². The minimum absolute atomic E-state index is 0.552. The Morgan fingerprint density at radius 1 is 1.09 bits per heavy atom. The van der Waals surface area contributed by atoms with Crippen LogP contribution in [0, 0.1) is 0 Å². The van der Waals surface area contributed by atoms with E-state index in [9.17, 15) is 13.2 Å². The number of hydrazone groups is 1. The number of hydrogen-bond donors (Lipinski definition) is 1. The van der Waals surface area contributed by atoms with E-state index in [0.717, 1.165) is 29.0 Å². The summed E-state index contributed by atoms with van der Waals surface area (Å²) in [5.41, 5.74) is 5.36. The summed E-state index contributed by atoms with van der Waals surface area (Å²) in [7, 11) is 1.59. The van der Waals surface area contributed by atoms with Crippen molar-refractivity contribution >= 4 is 5.71 Å². The number of ether oxygens (including phenoxy) is 1. The van der Waals surface area contributed by atoms with E-state index in [1.54, 1.807) is 7.11 Å². The maximum atomic E-state index is 12.6. The highest BCUT2D eigenvalue weighted by molar-refractivity contribution is 6.14. The van der Waals surface area contributed by atoms with E-state index in [-0.39, 0.29) is 0 Å². The van der Waals surface area contributed by atoms with E-state index in [0.29, 0.717) is 17.8 Å². The fourth-order valence-electron chi connectivity index (χ4n) is 2.38. The third kappa shape index (κ3) is 2.64. The lowest BCUT2D eigenvalue weighted by molar-refractivity contribution is -0.137. The molecule has 0 atom stereocenters. The largest absolute Gasteiger partial charge is 0.497 e. The van der Waals surface area contributed by atoms with Gasteiger partial charge in [0.15, 0.2) is 0 Å². The van der Waals surface area contributed by atoms with Gasteiger partial charge < -0.3 is 10.2 Å². The average Bonchev–Trinajstić information content (AvgIpc) is 2.53. The number of fused-ring (bicyclic) bond motifs is 1. The van der Waals surface area contributed by atoms with Crippen LogP contribution in [0.1, 0.15) is 22.3 Å². The van der Waals surface area contributed by atoms with Gasteiger partial charge >= 0.3 is 6.18 Å². The van der Waals surface area contributed by atoms with Gasteiger partial charge in [0, 0.05) is 11.1 Å². The second-order valence-corrected chi connectivity index (χ2v) is 4.89. The third-order valence-electron chi connectivity index (χ3n) is 3.51. The van der Waals surface area contributed by atoms with Crippen LogP contribution in [0.4, 0.5) is 13.2 Å². The van der Waals surface area contributed by atoms with Crippen molar-refractivity contribution in [2.75, 3.05) is 7.11 Å². The molecular formula is C16H13F3N2O. The van der Waals surface area contributed by atoms with Gasteiger partial charge in [-0.05, 0) is 35.9 Å². The Balaban J connectivity index is 1.98. The summed E-state index contributed by atoms with van der Waals surface area (Å²) in [5, 5.41) is 4.23. The molecule has 0 fully saturated rings. The van der Waals surface area contributed by atoms with Crippen LogP contribution in [0.2, 0.25) is 0 Å². The Bertz CT molecular complexity index is 721. The number of alkyl halides is 3. The van der Waals surface area contributed by atoms with Crippen LogP contribution in [0.15, 0.2) is 47.6 Å². The number of halogens is 3. The lowest BCUT2D eigenvalue weighted by Crippen LogP contribution is -2.21. The van der Waals surface area contributed by atoms with E-state index in [4.69, 9.17) is 4.74 Å². The first-order chi connectivity index (χ1) is 10.5. The van der Waals surface area contributed by atoms with Crippen molar-refractivity contribution < 1.29 is 17.9 Å². The Labute approximate surface area is 125 Å². The second-order valence-electron chi connectivity index (χ2n) is 4.89. The summed E-state index contributed by atoms with van der Waals surface area (Å²) in [4.78, 5) is 0. The molecule has 0 aliphatic carbocycles. The first-order valence-electron chi connectivity index (χ1n) is 6.64. The zero-order valence-corrected chi connectivity index (χ0v) is 11.7. The van der Waals surface area contributed by atoms with E-state index in [1.165, 1.54) is 12.1 Å². The molecule has 3 rings (SSSR count). The highest BCUT2D eigenvalue weighted by Gasteiger charge is 2.30. The van der Waals surface area contributed by atoms with E-state index in [1.807, 2.05) is 18.2 Å². The molecule has 0 amide bonds. The molecule has 0 spiro atoms. The molecule has 2 aromatic rings. The number of methoxy groups -OCH3 is 1. The minimum Gasteiger partial charge on any atom is -0.497 e. The fraction of sp³-hybridized carbons (Fsp3) is 0.188. The number of nitrogens with zero attached hydrogens (tertiary/aromatic N) is 1. The summed E-state index contributed by atoms with van der Waals surface area (Å²) in [6.45, 7) is 0.552. The lowest BCUT2D eigenvalue weighted by atomic mass is 9.95. The first kappa shape index (κ1) is 14.4. The van der Waals surface area contributed by atoms with Gasteiger partial charge in [0.2, 0.25) is 0 Å². The summed E-state index contributed by atoms with van der Waals surface area (Å²) in [6, 6.07) is 10.6. The topological polar surface area (TPSA) is 33.6 Å². The molecule has 114 valence electrons. The van der Waals surface area contributed by atoms with Crippen LogP contribution < -0.4 is 10.2 Å². The quantitative estimate of drug-likeness (QED) is 0.920. The SMILES string of the molecule is COc1ccc2c(c1)CNN=C2c1ccc(C(F)(F)F)cc1. The van der Waals surface area contributed by atoms with Crippen LogP contribution in [0.5, 0.6) is 5.75 Å². The molecule has 1 aliphatic heterocycles. The normalized spacial score (nSPS) is 13.9. The van der Waals surface area contributed by atoms with E-state index >= 15 is 0 Å². The van der Waals surface area contributed by atoms with Crippen LogP contribution >= 0.6 is 0 Å². The molecule has 0 saturated carbocycles. The molecule has 0 radical (unpaired) electrons. The van der Waals surface area contributed by atoms with Crippen molar-refractivity contribution in [2.24, 2.45) is 5.10 Å². The van der Waals surface area contributed by atoms with Gasteiger partial charge in [-0.2, -0.15) is 18.3 Å². The molecule has 1 aliphatic rings. The fourth-order valence-corrected chi connectivity index (χ4v) is 2.38. The van der Waals surface area contributed by atoms with Gasteiger partial charge in [0.1, 0.15) is 5.75 Å². The van der Waals surface area contributed by atoms with Gasteiger partial charge in [-0.1, -0.05) is 12.1 Å². The van der Waals surface area contributed by atoms with Crippen LogP contribution in [0.25, 0.3) is 0 Å². The Morgan fingerprint density at radius 3 is 2.45 bits per heavy atom. The van der Waals surface area contributed by atoms with Crippen LogP contribution in [-0.2, 0) is 12.7 Å². The zero-order chi connectivity index (χ0) is 15.7. The van der Waals surface area contributed by atoms with Crippen molar-refractivity contribution in [1.82, 2.24) is 5.43 Å². The molecule has 0 unspecified atom stereocenters. The predicted octanol–water partition coefficient (Wildman–Crippen LogP) is 3.57. The summed E-state index contributed by atoms with van der Waals surface area (Å²) >= 11 is 0. The van der Waals surface area contributed by atoms with Gasteiger partial charge in [-0.25, -0.2) is 0 Å². The van der Waals surface area contributed by atoms with Crippen molar-refractivity contribution in [3.05, 3.63) is 64.7 Å². The predicted molar refractivity (Wildman–Crippen MR) is 76.9 cm³/mol. The smallest absolute Gasteiger partial charge is 0.416 e. The maximum Gasteiger partial charge on any atom is 0.416 e. The van der Waals surface area contributed by atoms with Crippen molar-refractivity contribution in [3.63, 3.8) is 0 Å². The standard InChI is InChI=1S/C16H13F3N2O/c1-22-13-6-7-14-11(8-13)9-20-21-15(14)10-2-4-12(5-3-10)16(17,18)19/h2-8,20H,9H2,1H3. The van der Waals surface area contributed by atoms with Crippen LogP contribution in [0.3, 0.4) is 0 Å². The number of hydrogen-bond acceptors (Lipinski definition) is 3. The Kier molecular flexibility index (Phi) is 3.52. The van der Waals surface area contributed by atoms with Gasteiger partial charge in [0.05, 0.1) is 24.9 Å². The minimum atomic E-state index is -4.34. The molecule has 1 heterocycles. The molecule has 0 saturated heterocycles. The van der Waals surface area contributed by atoms with Crippen molar-refractivity contribution in [2.45, 2.75) is 12.7 Å². The molecular weight excluding hydrogens is 293 g/mol. The average molecular weight is 306 g/mol. The molecule has 0 aromatic heterocycles. The molecule has 2 aromatic carbocycles. The van der Waals surface area contributed by atoms with Crippen molar-refractivity contribution in [1.29, 1.82) is 0 Å². The third-order valence-corrected chi connectivity index (χ3v) is 3.51. The van der Waals surface area contributed by atoms with Crippen LogP contribution in [-0.4, -0.2) is 12.8 Å². The molecule has 6 heteroatoms. The highest BCUT2D eigenvalue weighted by Crippen LogP contribution is 2.30. The van der Waals surface area contributed by atoms with Crippen molar-refractivity contribution in [3.8, 4) is 5.75 Å². The Morgan fingerprint density at radius 2 is 1.82 bits per heavy atom. The van der Waals surface area contributed by atoms with E-state index in [2.05, 4.69) is 10.5 Å². The van der Waals surface area contributed by atoms with Gasteiger partial charge in [-0.15, -0.1) is 0 Å². The van der Waals surface area contributed by atoms with Gasteiger partial charge in [-0.3, -0.25) is 0 Å². The molecule has 22 heavy (non-hydrogen) atoms.